The maximum Gasteiger partial charge on any atom is 0.302 e. The second kappa shape index (κ2) is 14.5. The summed E-state index contributed by atoms with van der Waals surface area (Å²) in [7, 11) is 0. The Morgan fingerprint density at radius 2 is 1.69 bits per heavy atom. The SMILES string of the molecule is CC(=O)OCCCCCN(Cc1ccccc1)C(=O)CCCOc1ccc([N+](=O)[O-])c(C(C)=O)c1. The van der Waals surface area contributed by atoms with Crippen molar-refractivity contribution < 1.29 is 28.8 Å². The van der Waals surface area contributed by atoms with Crippen LogP contribution < -0.4 is 4.74 Å². The Bertz CT molecular complexity index is 1010. The van der Waals surface area contributed by atoms with E-state index in [0.29, 0.717) is 31.9 Å². The van der Waals surface area contributed by atoms with Crippen molar-refractivity contribution in [2.45, 2.75) is 52.5 Å². The third kappa shape index (κ3) is 9.95. The molecule has 188 valence electrons. The number of ether oxygens (including phenoxy) is 2. The summed E-state index contributed by atoms with van der Waals surface area (Å²) in [6.07, 6.45) is 3.13. The van der Waals surface area contributed by atoms with Gasteiger partial charge in [-0.05, 0) is 50.3 Å². The molecule has 0 aliphatic rings. The number of hydrogen-bond donors (Lipinski definition) is 0. The molecule has 0 aromatic heterocycles. The molecule has 2 rings (SSSR count). The number of rotatable bonds is 15. The Balaban J connectivity index is 1.87. The van der Waals surface area contributed by atoms with Crippen molar-refractivity contribution in [1.82, 2.24) is 4.90 Å². The van der Waals surface area contributed by atoms with Crippen LogP contribution in [0.3, 0.4) is 0 Å². The molecule has 0 saturated heterocycles. The van der Waals surface area contributed by atoms with E-state index in [1.54, 1.807) is 0 Å². The van der Waals surface area contributed by atoms with E-state index in [-0.39, 0.29) is 36.2 Å². The predicted octanol–water partition coefficient (Wildman–Crippen LogP) is 4.72. The number of esters is 1. The molecule has 0 saturated carbocycles. The van der Waals surface area contributed by atoms with Gasteiger partial charge >= 0.3 is 5.97 Å². The molecule has 0 spiro atoms. The van der Waals surface area contributed by atoms with Crippen LogP contribution in [0.25, 0.3) is 0 Å². The monoisotopic (exact) mass is 484 g/mol. The van der Waals surface area contributed by atoms with Crippen LogP contribution in [0.5, 0.6) is 5.75 Å². The van der Waals surface area contributed by atoms with Crippen molar-refractivity contribution in [1.29, 1.82) is 0 Å². The van der Waals surface area contributed by atoms with Crippen LogP contribution >= 0.6 is 0 Å². The lowest BCUT2D eigenvalue weighted by Gasteiger charge is -2.23. The standard InChI is InChI=1S/C26H32N2O7/c1-20(29)24-18-23(13-14-25(24)28(32)33)35-17-9-12-26(31)27(19-22-10-5-3-6-11-22)15-7-4-8-16-34-21(2)30/h3,5-6,10-11,13-14,18H,4,7-9,12,15-17,19H2,1-2H3. The molecule has 0 heterocycles. The van der Waals surface area contributed by atoms with Crippen LogP contribution in [0, 0.1) is 10.1 Å². The average molecular weight is 485 g/mol. The summed E-state index contributed by atoms with van der Waals surface area (Å²) in [6.45, 7) is 4.37. The maximum absolute atomic E-state index is 12.9. The van der Waals surface area contributed by atoms with Gasteiger partial charge in [0, 0.05) is 32.5 Å². The summed E-state index contributed by atoms with van der Waals surface area (Å²) in [5, 5.41) is 11.1. The third-order valence-electron chi connectivity index (χ3n) is 5.29. The lowest BCUT2D eigenvalue weighted by Crippen LogP contribution is -2.31. The van der Waals surface area contributed by atoms with Crippen LogP contribution in [0.4, 0.5) is 5.69 Å². The fourth-order valence-corrected chi connectivity index (χ4v) is 3.51. The quantitative estimate of drug-likeness (QED) is 0.118. The molecule has 0 fully saturated rings. The Morgan fingerprint density at radius 1 is 0.943 bits per heavy atom. The summed E-state index contributed by atoms with van der Waals surface area (Å²) in [5.74, 6) is -0.353. The van der Waals surface area contributed by atoms with Crippen molar-refractivity contribution in [2.24, 2.45) is 0 Å². The number of hydrogen-bond acceptors (Lipinski definition) is 7. The van der Waals surface area contributed by atoms with E-state index in [0.717, 1.165) is 24.8 Å². The molecule has 1 amide bonds. The van der Waals surface area contributed by atoms with Gasteiger partial charge in [-0.25, -0.2) is 0 Å². The molecule has 0 unspecified atom stereocenters. The number of Topliss-reactive ketones (excluding diaryl/α,β-unsaturated/α-hetero) is 1. The van der Waals surface area contributed by atoms with Gasteiger partial charge in [0.2, 0.25) is 5.91 Å². The van der Waals surface area contributed by atoms with E-state index in [9.17, 15) is 24.5 Å². The molecule has 2 aromatic rings. The molecular weight excluding hydrogens is 452 g/mol. The van der Waals surface area contributed by atoms with Crippen LogP contribution in [0.15, 0.2) is 48.5 Å². The van der Waals surface area contributed by atoms with Crippen LogP contribution in [0.2, 0.25) is 0 Å². The van der Waals surface area contributed by atoms with Gasteiger partial charge in [0.15, 0.2) is 5.78 Å². The van der Waals surface area contributed by atoms with Crippen LogP contribution in [0.1, 0.15) is 61.9 Å². The molecule has 2 aromatic carbocycles. The average Bonchev–Trinajstić information content (AvgIpc) is 2.83. The molecule has 0 bridgehead atoms. The Hall–Kier alpha value is -3.75. The number of benzene rings is 2. The van der Waals surface area contributed by atoms with Gasteiger partial charge in [-0.1, -0.05) is 30.3 Å². The Labute approximate surface area is 205 Å². The van der Waals surface area contributed by atoms with Gasteiger partial charge in [0.25, 0.3) is 5.69 Å². The number of ketones is 1. The zero-order valence-electron chi connectivity index (χ0n) is 20.2. The smallest absolute Gasteiger partial charge is 0.302 e. The summed E-state index contributed by atoms with van der Waals surface area (Å²) in [4.78, 5) is 47.8. The molecule has 0 N–H and O–H groups in total. The summed E-state index contributed by atoms with van der Waals surface area (Å²) in [6, 6.07) is 13.8. The van der Waals surface area contributed by atoms with E-state index in [4.69, 9.17) is 9.47 Å². The number of carbonyl (C=O) groups is 3. The maximum atomic E-state index is 12.9. The number of nitro groups is 1. The molecule has 9 heteroatoms. The van der Waals surface area contributed by atoms with Crippen LogP contribution in [-0.4, -0.2) is 47.2 Å². The first kappa shape index (κ1) is 27.5. The molecule has 0 aliphatic heterocycles. The third-order valence-corrected chi connectivity index (χ3v) is 5.29. The number of carbonyl (C=O) groups excluding carboxylic acids is 3. The van der Waals surface area contributed by atoms with Gasteiger partial charge in [0.05, 0.1) is 23.7 Å². The fraction of sp³-hybridized carbons (Fsp3) is 0.423. The number of nitro benzene ring substituents is 1. The highest BCUT2D eigenvalue weighted by Crippen LogP contribution is 2.24. The highest BCUT2D eigenvalue weighted by atomic mass is 16.6. The minimum absolute atomic E-state index is 0.00515. The zero-order valence-corrected chi connectivity index (χ0v) is 20.2. The Morgan fingerprint density at radius 3 is 2.34 bits per heavy atom. The topological polar surface area (TPSA) is 116 Å². The number of amides is 1. The largest absolute Gasteiger partial charge is 0.494 e. The van der Waals surface area contributed by atoms with E-state index >= 15 is 0 Å². The van der Waals surface area contributed by atoms with Gasteiger partial charge < -0.3 is 14.4 Å². The van der Waals surface area contributed by atoms with Gasteiger partial charge in [-0.2, -0.15) is 0 Å². The lowest BCUT2D eigenvalue weighted by molar-refractivity contribution is -0.385. The highest BCUT2D eigenvalue weighted by molar-refractivity contribution is 5.98. The van der Waals surface area contributed by atoms with Crippen molar-refractivity contribution >= 4 is 23.3 Å². The number of unbranched alkanes of at least 4 members (excludes halogenated alkanes) is 2. The first-order chi connectivity index (χ1) is 16.8. The lowest BCUT2D eigenvalue weighted by atomic mass is 10.1. The van der Waals surface area contributed by atoms with E-state index in [2.05, 4.69) is 0 Å². The highest BCUT2D eigenvalue weighted by Gasteiger charge is 2.18. The van der Waals surface area contributed by atoms with E-state index in [1.165, 1.54) is 32.0 Å². The van der Waals surface area contributed by atoms with Gasteiger partial charge in [-0.15, -0.1) is 0 Å². The summed E-state index contributed by atoms with van der Waals surface area (Å²) >= 11 is 0. The summed E-state index contributed by atoms with van der Waals surface area (Å²) in [5.41, 5.74) is 0.774. The molecular formula is C26H32N2O7. The number of nitrogens with zero attached hydrogens (tertiary/aromatic N) is 2. The van der Waals surface area contributed by atoms with Crippen molar-refractivity contribution in [3.8, 4) is 5.75 Å². The molecule has 0 atom stereocenters. The molecule has 35 heavy (non-hydrogen) atoms. The summed E-state index contributed by atoms with van der Waals surface area (Å²) < 4.78 is 10.6. The van der Waals surface area contributed by atoms with Gasteiger partial charge in [0.1, 0.15) is 5.75 Å². The fourth-order valence-electron chi connectivity index (χ4n) is 3.51. The minimum Gasteiger partial charge on any atom is -0.494 e. The first-order valence-electron chi connectivity index (χ1n) is 11.6. The van der Waals surface area contributed by atoms with E-state index in [1.807, 2.05) is 35.2 Å². The Kier molecular flexibility index (Phi) is 11.4. The first-order valence-corrected chi connectivity index (χ1v) is 11.6. The molecule has 0 radical (unpaired) electrons. The normalized spacial score (nSPS) is 10.5. The molecule has 9 nitrogen and oxygen atoms in total. The van der Waals surface area contributed by atoms with Crippen molar-refractivity contribution in [2.75, 3.05) is 19.8 Å². The van der Waals surface area contributed by atoms with Crippen molar-refractivity contribution in [3.05, 3.63) is 69.8 Å². The predicted molar refractivity (Wildman–Crippen MR) is 130 cm³/mol. The molecule has 0 aliphatic carbocycles. The van der Waals surface area contributed by atoms with E-state index < -0.39 is 10.7 Å². The second-order valence-corrected chi connectivity index (χ2v) is 8.15. The van der Waals surface area contributed by atoms with Gasteiger partial charge in [-0.3, -0.25) is 24.5 Å². The van der Waals surface area contributed by atoms with Crippen LogP contribution in [-0.2, 0) is 20.9 Å². The minimum atomic E-state index is -0.600. The zero-order chi connectivity index (χ0) is 25.6. The van der Waals surface area contributed by atoms with Crippen molar-refractivity contribution in [3.63, 3.8) is 0 Å². The second-order valence-electron chi connectivity index (χ2n) is 8.15.